The van der Waals surface area contributed by atoms with Gasteiger partial charge >= 0.3 is 0 Å². The van der Waals surface area contributed by atoms with Gasteiger partial charge in [-0.1, -0.05) is 12.1 Å². The van der Waals surface area contributed by atoms with Gasteiger partial charge in [-0.2, -0.15) is 0 Å². The molecule has 2 N–H and O–H groups in total. The molecule has 0 aromatic heterocycles. The number of amides is 2. The van der Waals surface area contributed by atoms with Gasteiger partial charge in [0.05, 0.1) is 11.1 Å². The van der Waals surface area contributed by atoms with Crippen LogP contribution in [0.25, 0.3) is 0 Å². The average molecular weight is 399 g/mol. The molecule has 1 aromatic carbocycles. The van der Waals surface area contributed by atoms with E-state index in [2.05, 4.69) is 22.6 Å². The molecule has 0 bridgehead atoms. The summed E-state index contributed by atoms with van der Waals surface area (Å²) in [5.41, 5.74) is 6.08. The normalized spacial score (nSPS) is 20.3. The molecule has 5 nitrogen and oxygen atoms in total. The van der Waals surface area contributed by atoms with Crippen molar-refractivity contribution in [2.75, 3.05) is 26.2 Å². The Balaban J connectivity index is 1.62. The van der Waals surface area contributed by atoms with E-state index in [9.17, 15) is 9.59 Å². The minimum absolute atomic E-state index is 0.0426. The maximum Gasteiger partial charge on any atom is 0.255 e. The third-order valence-electron chi connectivity index (χ3n) is 4.17. The number of rotatable bonds is 2. The topological polar surface area (TPSA) is 66.6 Å². The largest absolute Gasteiger partial charge is 0.338 e. The highest BCUT2D eigenvalue weighted by molar-refractivity contribution is 14.1. The first kappa shape index (κ1) is 14.8. The van der Waals surface area contributed by atoms with Gasteiger partial charge in [-0.25, -0.2) is 0 Å². The van der Waals surface area contributed by atoms with Crippen molar-refractivity contribution >= 4 is 34.4 Å². The molecule has 1 aliphatic carbocycles. The molecule has 0 spiro atoms. The van der Waals surface area contributed by atoms with Crippen molar-refractivity contribution in [3.63, 3.8) is 0 Å². The summed E-state index contributed by atoms with van der Waals surface area (Å²) >= 11 is 2.18. The molecule has 1 aliphatic heterocycles. The van der Waals surface area contributed by atoms with E-state index >= 15 is 0 Å². The SMILES string of the molecule is NC1(C(=O)N2CCN(C(=O)c3ccccc3I)CC2)CC1. The Hall–Kier alpha value is -1.15. The van der Waals surface area contributed by atoms with Crippen LogP contribution in [0.3, 0.4) is 0 Å². The molecule has 6 heteroatoms. The Labute approximate surface area is 137 Å². The van der Waals surface area contributed by atoms with Crippen molar-refractivity contribution in [2.24, 2.45) is 5.73 Å². The number of carbonyl (C=O) groups is 2. The van der Waals surface area contributed by atoms with Crippen LogP contribution in [0, 0.1) is 3.57 Å². The molecule has 1 heterocycles. The number of carbonyl (C=O) groups excluding carboxylic acids is 2. The number of hydrogen-bond acceptors (Lipinski definition) is 3. The first-order chi connectivity index (χ1) is 10.0. The van der Waals surface area contributed by atoms with Gasteiger partial charge in [-0.15, -0.1) is 0 Å². The van der Waals surface area contributed by atoms with E-state index in [1.807, 2.05) is 29.2 Å². The number of nitrogens with zero attached hydrogens (tertiary/aromatic N) is 2. The molecular formula is C15H18IN3O2. The zero-order valence-electron chi connectivity index (χ0n) is 11.7. The molecule has 2 aliphatic rings. The Kier molecular flexibility index (Phi) is 3.92. The van der Waals surface area contributed by atoms with Crippen molar-refractivity contribution < 1.29 is 9.59 Å². The molecular weight excluding hydrogens is 381 g/mol. The summed E-state index contributed by atoms with van der Waals surface area (Å²) < 4.78 is 0.956. The second-order valence-electron chi connectivity index (χ2n) is 5.72. The number of hydrogen-bond donors (Lipinski definition) is 1. The zero-order chi connectivity index (χ0) is 15.0. The molecule has 2 fully saturated rings. The maximum absolute atomic E-state index is 12.5. The van der Waals surface area contributed by atoms with E-state index in [-0.39, 0.29) is 11.8 Å². The number of nitrogens with two attached hydrogens (primary N) is 1. The molecule has 3 rings (SSSR count). The summed E-state index contributed by atoms with van der Waals surface area (Å²) in [6.45, 7) is 2.30. The van der Waals surface area contributed by atoms with E-state index in [1.54, 1.807) is 4.90 Å². The van der Waals surface area contributed by atoms with Gasteiger partial charge in [0, 0.05) is 29.7 Å². The van der Waals surface area contributed by atoms with Gasteiger partial charge in [0.25, 0.3) is 5.91 Å². The Morgan fingerprint density at radius 2 is 1.62 bits per heavy atom. The summed E-state index contributed by atoms with van der Waals surface area (Å²) in [6, 6.07) is 7.57. The fourth-order valence-corrected chi connectivity index (χ4v) is 3.20. The summed E-state index contributed by atoms with van der Waals surface area (Å²) in [7, 11) is 0. The highest BCUT2D eigenvalue weighted by Crippen LogP contribution is 2.34. The number of benzene rings is 1. The number of piperazine rings is 1. The summed E-state index contributed by atoms with van der Waals surface area (Å²) in [4.78, 5) is 28.3. The van der Waals surface area contributed by atoms with Crippen LogP contribution >= 0.6 is 22.6 Å². The summed E-state index contributed by atoms with van der Waals surface area (Å²) in [5, 5.41) is 0. The van der Waals surface area contributed by atoms with E-state index in [0.29, 0.717) is 26.2 Å². The smallest absolute Gasteiger partial charge is 0.255 e. The molecule has 21 heavy (non-hydrogen) atoms. The minimum atomic E-state index is -0.610. The van der Waals surface area contributed by atoms with Crippen molar-refractivity contribution in [3.8, 4) is 0 Å². The van der Waals surface area contributed by atoms with E-state index in [0.717, 1.165) is 22.0 Å². The number of halogens is 1. The third-order valence-corrected chi connectivity index (χ3v) is 5.11. The Morgan fingerprint density at radius 1 is 1.05 bits per heavy atom. The molecule has 0 unspecified atom stereocenters. The second kappa shape index (κ2) is 5.57. The Morgan fingerprint density at radius 3 is 2.19 bits per heavy atom. The van der Waals surface area contributed by atoms with Gasteiger partial charge in [-0.05, 0) is 47.6 Å². The predicted octanol–water partition coefficient (Wildman–Crippen LogP) is 1.07. The quantitative estimate of drug-likeness (QED) is 0.757. The maximum atomic E-state index is 12.5. The Bertz CT molecular complexity index is 578. The highest BCUT2D eigenvalue weighted by Gasteiger charge is 2.48. The van der Waals surface area contributed by atoms with Crippen LogP contribution in [0.5, 0.6) is 0 Å². The van der Waals surface area contributed by atoms with Gasteiger partial charge in [-0.3, -0.25) is 9.59 Å². The van der Waals surface area contributed by atoms with Gasteiger partial charge in [0.2, 0.25) is 5.91 Å². The molecule has 1 saturated carbocycles. The lowest BCUT2D eigenvalue weighted by Crippen LogP contribution is -2.55. The highest BCUT2D eigenvalue weighted by atomic mass is 127. The predicted molar refractivity (Wildman–Crippen MR) is 87.8 cm³/mol. The molecule has 0 atom stereocenters. The van der Waals surface area contributed by atoms with Crippen molar-refractivity contribution in [1.29, 1.82) is 0 Å². The molecule has 112 valence electrons. The monoisotopic (exact) mass is 399 g/mol. The van der Waals surface area contributed by atoms with Crippen LogP contribution in [-0.2, 0) is 4.79 Å². The van der Waals surface area contributed by atoms with Crippen molar-refractivity contribution in [1.82, 2.24) is 9.80 Å². The van der Waals surface area contributed by atoms with Gasteiger partial charge in [0.1, 0.15) is 0 Å². The van der Waals surface area contributed by atoms with Gasteiger partial charge < -0.3 is 15.5 Å². The molecule has 0 radical (unpaired) electrons. The summed E-state index contributed by atoms with van der Waals surface area (Å²) in [6.07, 6.45) is 1.57. The molecule has 1 aromatic rings. The fraction of sp³-hybridized carbons (Fsp3) is 0.467. The lowest BCUT2D eigenvalue weighted by Gasteiger charge is -2.36. The molecule has 2 amide bonds. The van der Waals surface area contributed by atoms with Crippen LogP contribution in [0.1, 0.15) is 23.2 Å². The standard InChI is InChI=1S/C15H18IN3O2/c16-12-4-2-1-3-11(12)13(20)18-7-9-19(10-8-18)14(21)15(17)5-6-15/h1-4H,5-10,17H2. The van der Waals surface area contributed by atoms with Crippen LogP contribution in [0.4, 0.5) is 0 Å². The zero-order valence-corrected chi connectivity index (χ0v) is 13.9. The first-order valence-electron chi connectivity index (χ1n) is 7.13. The van der Waals surface area contributed by atoms with Crippen molar-refractivity contribution in [3.05, 3.63) is 33.4 Å². The molecule has 1 saturated heterocycles. The van der Waals surface area contributed by atoms with Crippen LogP contribution < -0.4 is 5.73 Å². The first-order valence-corrected chi connectivity index (χ1v) is 8.21. The van der Waals surface area contributed by atoms with Crippen molar-refractivity contribution in [2.45, 2.75) is 18.4 Å². The van der Waals surface area contributed by atoms with E-state index in [4.69, 9.17) is 5.73 Å². The van der Waals surface area contributed by atoms with E-state index < -0.39 is 5.54 Å². The lowest BCUT2D eigenvalue weighted by molar-refractivity contribution is -0.135. The second-order valence-corrected chi connectivity index (χ2v) is 6.88. The van der Waals surface area contributed by atoms with Crippen LogP contribution in [0.2, 0.25) is 0 Å². The van der Waals surface area contributed by atoms with Gasteiger partial charge in [0.15, 0.2) is 0 Å². The lowest BCUT2D eigenvalue weighted by atomic mass is 10.1. The summed E-state index contributed by atoms with van der Waals surface area (Å²) in [5.74, 6) is 0.0878. The third kappa shape index (κ3) is 2.91. The van der Waals surface area contributed by atoms with E-state index in [1.165, 1.54) is 0 Å². The van der Waals surface area contributed by atoms with Crippen LogP contribution in [-0.4, -0.2) is 53.3 Å². The fourth-order valence-electron chi connectivity index (χ4n) is 2.58. The van der Waals surface area contributed by atoms with Crippen LogP contribution in [0.15, 0.2) is 24.3 Å². The average Bonchev–Trinajstić information content (AvgIpc) is 3.26. The minimum Gasteiger partial charge on any atom is -0.338 e.